The van der Waals surface area contributed by atoms with Crippen LogP contribution >= 0.6 is 0 Å². The smallest absolute Gasteiger partial charge is 0.248 e. The molecule has 1 aromatic carbocycles. The molecule has 8 nitrogen and oxygen atoms in total. The average Bonchev–Trinajstić information content (AvgIpc) is 2.91. The molecule has 1 aromatic rings. The Morgan fingerprint density at radius 1 is 1.31 bits per heavy atom. The standard InChI is InChI=1S/C17H27N3O5S/c1-19(2)26(23,24)12-14-10-20(11-16(14)21)8-3-9-25-15-6-4-13(5-7-15)17(18)22/h4-7,14,16,21H,3,8-12H2,1-2H3,(H2,18,22)/t14-,16-/m0/s1. The molecule has 0 bridgehead atoms. The van der Waals surface area contributed by atoms with Gasteiger partial charge in [-0.3, -0.25) is 4.79 Å². The van der Waals surface area contributed by atoms with E-state index in [9.17, 15) is 18.3 Å². The number of sulfonamides is 1. The lowest BCUT2D eigenvalue weighted by Gasteiger charge is -2.18. The highest BCUT2D eigenvalue weighted by Crippen LogP contribution is 2.20. The second-order valence-corrected chi connectivity index (χ2v) is 8.97. The molecule has 0 spiro atoms. The summed E-state index contributed by atoms with van der Waals surface area (Å²) in [5, 5.41) is 10.1. The van der Waals surface area contributed by atoms with E-state index in [1.807, 2.05) is 0 Å². The fourth-order valence-electron chi connectivity index (χ4n) is 2.90. The summed E-state index contributed by atoms with van der Waals surface area (Å²) in [4.78, 5) is 13.1. The molecule has 2 atom stereocenters. The monoisotopic (exact) mass is 385 g/mol. The average molecular weight is 385 g/mol. The zero-order chi connectivity index (χ0) is 19.3. The van der Waals surface area contributed by atoms with Gasteiger partial charge < -0.3 is 20.5 Å². The minimum atomic E-state index is -3.32. The van der Waals surface area contributed by atoms with Gasteiger partial charge in [0.05, 0.1) is 18.5 Å². The highest BCUT2D eigenvalue weighted by molar-refractivity contribution is 7.89. The number of amides is 1. The second kappa shape index (κ2) is 8.81. The van der Waals surface area contributed by atoms with Gasteiger partial charge in [-0.1, -0.05) is 0 Å². The molecule has 1 amide bonds. The third kappa shape index (κ3) is 5.66. The maximum absolute atomic E-state index is 12.0. The number of carbonyl (C=O) groups is 1. The van der Waals surface area contributed by atoms with Crippen molar-refractivity contribution < 1.29 is 23.1 Å². The first-order valence-electron chi connectivity index (χ1n) is 8.52. The van der Waals surface area contributed by atoms with Gasteiger partial charge in [0.25, 0.3) is 0 Å². The molecule has 0 radical (unpaired) electrons. The van der Waals surface area contributed by atoms with Crippen LogP contribution in [-0.2, 0) is 10.0 Å². The predicted octanol–water partition coefficient (Wildman–Crippen LogP) is -0.261. The molecule has 0 saturated carbocycles. The van der Waals surface area contributed by atoms with E-state index >= 15 is 0 Å². The summed E-state index contributed by atoms with van der Waals surface area (Å²) in [5.74, 6) is -0.133. The third-order valence-corrected chi connectivity index (χ3v) is 6.45. The number of nitrogens with two attached hydrogens (primary N) is 1. The van der Waals surface area contributed by atoms with Crippen molar-refractivity contribution in [2.45, 2.75) is 12.5 Å². The molecule has 3 N–H and O–H groups in total. The molecule has 0 aromatic heterocycles. The van der Waals surface area contributed by atoms with E-state index in [1.165, 1.54) is 18.4 Å². The summed E-state index contributed by atoms with van der Waals surface area (Å²) in [6, 6.07) is 6.62. The van der Waals surface area contributed by atoms with Gasteiger partial charge in [-0.15, -0.1) is 0 Å². The Morgan fingerprint density at radius 3 is 2.54 bits per heavy atom. The van der Waals surface area contributed by atoms with Gasteiger partial charge in [0, 0.05) is 45.2 Å². The van der Waals surface area contributed by atoms with Crippen LogP contribution in [0.4, 0.5) is 0 Å². The zero-order valence-electron chi connectivity index (χ0n) is 15.2. The fraction of sp³-hybridized carbons (Fsp3) is 0.588. The number of β-amino-alcohol motifs (C(OH)–C–C–N with tert-alkyl or cyclic N) is 1. The van der Waals surface area contributed by atoms with E-state index in [-0.39, 0.29) is 11.7 Å². The van der Waals surface area contributed by atoms with Crippen molar-refractivity contribution in [3.05, 3.63) is 29.8 Å². The van der Waals surface area contributed by atoms with Gasteiger partial charge in [0.2, 0.25) is 15.9 Å². The first-order valence-corrected chi connectivity index (χ1v) is 10.1. The maximum Gasteiger partial charge on any atom is 0.248 e. The van der Waals surface area contributed by atoms with Crippen LogP contribution in [0.15, 0.2) is 24.3 Å². The molecule has 26 heavy (non-hydrogen) atoms. The van der Waals surface area contributed by atoms with Crippen LogP contribution < -0.4 is 10.5 Å². The molecule has 0 unspecified atom stereocenters. The SMILES string of the molecule is CN(C)S(=O)(=O)C[C@@H]1CN(CCCOc2ccc(C(N)=O)cc2)C[C@@H]1O. The number of primary amides is 1. The van der Waals surface area contributed by atoms with Crippen molar-refractivity contribution in [2.24, 2.45) is 11.7 Å². The molecule has 2 rings (SSSR count). The van der Waals surface area contributed by atoms with Crippen molar-refractivity contribution in [2.75, 3.05) is 46.1 Å². The van der Waals surface area contributed by atoms with E-state index in [2.05, 4.69) is 4.90 Å². The second-order valence-electron chi connectivity index (χ2n) is 6.74. The quantitative estimate of drug-likeness (QED) is 0.566. The normalized spacial score (nSPS) is 21.2. The van der Waals surface area contributed by atoms with Crippen molar-refractivity contribution in [1.29, 1.82) is 0 Å². The van der Waals surface area contributed by atoms with Crippen molar-refractivity contribution in [1.82, 2.24) is 9.21 Å². The molecule has 9 heteroatoms. The van der Waals surface area contributed by atoms with Crippen LogP contribution in [0.1, 0.15) is 16.8 Å². The lowest BCUT2D eigenvalue weighted by Crippen LogP contribution is -2.33. The summed E-state index contributed by atoms with van der Waals surface area (Å²) >= 11 is 0. The van der Waals surface area contributed by atoms with Crippen molar-refractivity contribution in [3.63, 3.8) is 0 Å². The van der Waals surface area contributed by atoms with Crippen molar-refractivity contribution in [3.8, 4) is 5.75 Å². The highest BCUT2D eigenvalue weighted by atomic mass is 32.2. The topological polar surface area (TPSA) is 113 Å². The van der Waals surface area contributed by atoms with Gasteiger partial charge in [-0.05, 0) is 30.7 Å². The number of ether oxygens (including phenoxy) is 1. The summed E-state index contributed by atoms with van der Waals surface area (Å²) in [6.07, 6.45) is 0.115. The third-order valence-electron chi connectivity index (χ3n) is 4.49. The number of carbonyl (C=O) groups excluding carboxylic acids is 1. The summed E-state index contributed by atoms with van der Waals surface area (Å²) in [6.45, 7) is 2.24. The molecule has 1 saturated heterocycles. The molecule has 146 valence electrons. The number of hydrogen-bond acceptors (Lipinski definition) is 6. The molecule has 0 aliphatic carbocycles. The number of aliphatic hydroxyl groups excluding tert-OH is 1. The minimum absolute atomic E-state index is 0.0413. The van der Waals surface area contributed by atoms with E-state index in [1.54, 1.807) is 24.3 Å². The van der Waals surface area contributed by atoms with Crippen LogP contribution in [0.3, 0.4) is 0 Å². The Labute approximate surface area is 154 Å². The van der Waals surface area contributed by atoms with Crippen molar-refractivity contribution >= 4 is 15.9 Å². The molecule has 1 aliphatic rings. The van der Waals surface area contributed by atoms with Gasteiger partial charge >= 0.3 is 0 Å². The lowest BCUT2D eigenvalue weighted by atomic mass is 10.1. The van der Waals surface area contributed by atoms with Gasteiger partial charge in [-0.25, -0.2) is 12.7 Å². The Morgan fingerprint density at radius 2 is 1.96 bits per heavy atom. The Bertz CT molecular complexity index is 706. The van der Waals surface area contributed by atoms with Crippen LogP contribution in [-0.4, -0.2) is 80.8 Å². The van der Waals surface area contributed by atoms with Gasteiger partial charge in [0.15, 0.2) is 0 Å². The molecule has 1 aliphatic heterocycles. The lowest BCUT2D eigenvalue weighted by molar-refractivity contribution is 0.1000. The van der Waals surface area contributed by atoms with E-state index in [0.29, 0.717) is 31.0 Å². The Kier molecular flexibility index (Phi) is 6.99. The summed E-state index contributed by atoms with van der Waals surface area (Å²) < 4.78 is 30.8. The number of hydrogen-bond donors (Lipinski definition) is 2. The molecular weight excluding hydrogens is 358 g/mol. The van der Waals surface area contributed by atoms with Gasteiger partial charge in [0.1, 0.15) is 5.75 Å². The Hall–Kier alpha value is -1.68. The van der Waals surface area contributed by atoms with Gasteiger partial charge in [-0.2, -0.15) is 0 Å². The molecule has 1 fully saturated rings. The van der Waals surface area contributed by atoms with E-state index in [0.717, 1.165) is 13.0 Å². The summed E-state index contributed by atoms with van der Waals surface area (Å²) in [5.41, 5.74) is 5.62. The largest absolute Gasteiger partial charge is 0.494 e. The first-order chi connectivity index (χ1) is 12.2. The van der Waals surface area contributed by atoms with E-state index in [4.69, 9.17) is 10.5 Å². The zero-order valence-corrected chi connectivity index (χ0v) is 16.0. The highest BCUT2D eigenvalue weighted by Gasteiger charge is 2.34. The minimum Gasteiger partial charge on any atom is -0.494 e. The molecular formula is C17H27N3O5S. The number of aliphatic hydroxyl groups is 1. The van der Waals surface area contributed by atoms with Crippen LogP contribution in [0.2, 0.25) is 0 Å². The number of likely N-dealkylation sites (tertiary alicyclic amines) is 1. The number of benzene rings is 1. The van der Waals surface area contributed by atoms with E-state index < -0.39 is 22.0 Å². The Balaban J connectivity index is 1.72. The maximum atomic E-state index is 12.0. The first kappa shape index (κ1) is 20.6. The molecule has 1 heterocycles. The van der Waals surface area contributed by atoms with Crippen LogP contribution in [0.25, 0.3) is 0 Å². The van der Waals surface area contributed by atoms with Crippen LogP contribution in [0, 0.1) is 5.92 Å². The number of rotatable bonds is 9. The number of nitrogens with zero attached hydrogens (tertiary/aromatic N) is 2. The van der Waals surface area contributed by atoms with Crippen LogP contribution in [0.5, 0.6) is 5.75 Å². The predicted molar refractivity (Wildman–Crippen MR) is 98.5 cm³/mol. The summed E-state index contributed by atoms with van der Waals surface area (Å²) in [7, 11) is -0.316. The fourth-order valence-corrected chi connectivity index (χ4v) is 4.07.